The first kappa shape index (κ1) is 15.0. The summed E-state index contributed by atoms with van der Waals surface area (Å²) in [5.74, 6) is 0. The first-order chi connectivity index (χ1) is 8.50. The topological polar surface area (TPSA) is 29.3 Å². The molecule has 0 amide bonds. The normalized spacial score (nSPS) is 11.6. The summed E-state index contributed by atoms with van der Waals surface area (Å²) in [6.07, 6.45) is 2.39. The fraction of sp³-hybridized carbons (Fsp3) is 0.625. The molecular formula is C16H28N2. The Hall–Kier alpha value is -1.02. The molecule has 0 atom stereocenters. The van der Waals surface area contributed by atoms with E-state index < -0.39 is 0 Å². The molecule has 0 bridgehead atoms. The Balaban J connectivity index is 2.56. The zero-order valence-corrected chi connectivity index (χ0v) is 12.4. The Bertz CT molecular complexity index is 358. The van der Waals surface area contributed by atoms with Crippen molar-refractivity contribution in [1.29, 1.82) is 0 Å². The van der Waals surface area contributed by atoms with Gasteiger partial charge in [0.05, 0.1) is 0 Å². The van der Waals surface area contributed by atoms with Crippen LogP contribution in [-0.4, -0.2) is 19.6 Å². The average molecular weight is 248 g/mol. The SMILES string of the molecule is CCN(CCCC(C)(C)CN)c1ccccc1C. The summed E-state index contributed by atoms with van der Waals surface area (Å²) in [4.78, 5) is 2.46. The van der Waals surface area contributed by atoms with Gasteiger partial charge in [-0.3, -0.25) is 0 Å². The van der Waals surface area contributed by atoms with Gasteiger partial charge in [0.15, 0.2) is 0 Å². The molecule has 0 radical (unpaired) electrons. The van der Waals surface area contributed by atoms with Gasteiger partial charge in [-0.15, -0.1) is 0 Å². The molecule has 0 unspecified atom stereocenters. The smallest absolute Gasteiger partial charge is 0.0395 e. The van der Waals surface area contributed by atoms with Crippen molar-refractivity contribution in [2.75, 3.05) is 24.5 Å². The molecule has 0 saturated carbocycles. The molecule has 1 aromatic carbocycles. The van der Waals surface area contributed by atoms with Crippen molar-refractivity contribution in [1.82, 2.24) is 0 Å². The number of para-hydroxylation sites is 1. The van der Waals surface area contributed by atoms with Gasteiger partial charge in [0.1, 0.15) is 0 Å². The minimum Gasteiger partial charge on any atom is -0.372 e. The van der Waals surface area contributed by atoms with Gasteiger partial charge in [0, 0.05) is 18.8 Å². The van der Waals surface area contributed by atoms with Crippen LogP contribution in [0.15, 0.2) is 24.3 Å². The monoisotopic (exact) mass is 248 g/mol. The van der Waals surface area contributed by atoms with E-state index in [1.165, 1.54) is 24.1 Å². The van der Waals surface area contributed by atoms with Crippen molar-refractivity contribution in [3.63, 3.8) is 0 Å². The third-order valence-corrected chi connectivity index (χ3v) is 3.67. The number of nitrogens with two attached hydrogens (primary N) is 1. The number of anilines is 1. The number of hydrogen-bond acceptors (Lipinski definition) is 2. The zero-order chi connectivity index (χ0) is 13.6. The lowest BCUT2D eigenvalue weighted by atomic mass is 9.88. The fourth-order valence-electron chi connectivity index (χ4n) is 2.22. The van der Waals surface area contributed by atoms with Gasteiger partial charge in [0.2, 0.25) is 0 Å². The Morgan fingerprint density at radius 3 is 2.44 bits per heavy atom. The van der Waals surface area contributed by atoms with E-state index in [2.05, 4.69) is 56.9 Å². The molecule has 2 nitrogen and oxygen atoms in total. The summed E-state index contributed by atoms with van der Waals surface area (Å²) in [6.45, 7) is 11.8. The van der Waals surface area contributed by atoms with E-state index in [1.807, 2.05) is 0 Å². The van der Waals surface area contributed by atoms with Gasteiger partial charge in [-0.05, 0) is 50.3 Å². The molecule has 0 aliphatic heterocycles. The number of nitrogens with zero attached hydrogens (tertiary/aromatic N) is 1. The van der Waals surface area contributed by atoms with Gasteiger partial charge >= 0.3 is 0 Å². The van der Waals surface area contributed by atoms with E-state index in [-0.39, 0.29) is 5.41 Å². The van der Waals surface area contributed by atoms with E-state index in [9.17, 15) is 0 Å². The maximum Gasteiger partial charge on any atom is 0.0395 e. The number of aryl methyl sites for hydroxylation is 1. The highest BCUT2D eigenvalue weighted by atomic mass is 15.1. The summed E-state index contributed by atoms with van der Waals surface area (Å²) in [5, 5.41) is 0. The number of benzene rings is 1. The minimum absolute atomic E-state index is 0.269. The van der Waals surface area contributed by atoms with Crippen LogP contribution in [0.3, 0.4) is 0 Å². The molecule has 2 heteroatoms. The lowest BCUT2D eigenvalue weighted by Gasteiger charge is -2.28. The second-order valence-electron chi connectivity index (χ2n) is 5.84. The van der Waals surface area contributed by atoms with Crippen LogP contribution in [0.25, 0.3) is 0 Å². The average Bonchev–Trinajstić information content (AvgIpc) is 2.36. The summed E-state index contributed by atoms with van der Waals surface area (Å²) < 4.78 is 0. The first-order valence-electron chi connectivity index (χ1n) is 7.01. The second-order valence-corrected chi connectivity index (χ2v) is 5.84. The van der Waals surface area contributed by atoms with E-state index in [0.717, 1.165) is 19.6 Å². The van der Waals surface area contributed by atoms with Crippen LogP contribution in [0.1, 0.15) is 39.2 Å². The third-order valence-electron chi connectivity index (χ3n) is 3.67. The molecule has 18 heavy (non-hydrogen) atoms. The minimum atomic E-state index is 0.269. The molecule has 0 aliphatic carbocycles. The molecular weight excluding hydrogens is 220 g/mol. The number of rotatable bonds is 7. The van der Waals surface area contributed by atoms with Crippen LogP contribution < -0.4 is 10.6 Å². The van der Waals surface area contributed by atoms with Crippen molar-refractivity contribution >= 4 is 5.69 Å². The van der Waals surface area contributed by atoms with Crippen molar-refractivity contribution in [3.05, 3.63) is 29.8 Å². The Labute approximate surface area is 112 Å². The largest absolute Gasteiger partial charge is 0.372 e. The molecule has 1 aromatic rings. The standard InChI is InChI=1S/C16H28N2/c1-5-18(12-8-11-16(3,4)13-17)15-10-7-6-9-14(15)2/h6-7,9-10H,5,8,11-13,17H2,1-4H3. The molecule has 1 rings (SSSR count). The molecule has 102 valence electrons. The van der Waals surface area contributed by atoms with Crippen LogP contribution in [0.5, 0.6) is 0 Å². The maximum absolute atomic E-state index is 5.78. The summed E-state index contributed by atoms with van der Waals surface area (Å²) >= 11 is 0. The molecule has 0 aromatic heterocycles. The lowest BCUT2D eigenvalue weighted by Crippen LogP contribution is -2.28. The summed E-state index contributed by atoms with van der Waals surface area (Å²) in [5.41, 5.74) is 8.77. The molecule has 2 N–H and O–H groups in total. The van der Waals surface area contributed by atoms with Crippen LogP contribution in [-0.2, 0) is 0 Å². The van der Waals surface area contributed by atoms with Crippen molar-refractivity contribution < 1.29 is 0 Å². The molecule has 0 spiro atoms. The van der Waals surface area contributed by atoms with E-state index in [1.54, 1.807) is 0 Å². The summed E-state index contributed by atoms with van der Waals surface area (Å²) in [6, 6.07) is 8.62. The van der Waals surface area contributed by atoms with Gasteiger partial charge in [0.25, 0.3) is 0 Å². The van der Waals surface area contributed by atoms with Crippen molar-refractivity contribution in [2.45, 2.75) is 40.5 Å². The Morgan fingerprint density at radius 2 is 1.89 bits per heavy atom. The maximum atomic E-state index is 5.78. The highest BCUT2D eigenvalue weighted by Gasteiger charge is 2.15. The lowest BCUT2D eigenvalue weighted by molar-refractivity contribution is 0.338. The predicted molar refractivity (Wildman–Crippen MR) is 81.1 cm³/mol. The van der Waals surface area contributed by atoms with Crippen LogP contribution >= 0.6 is 0 Å². The first-order valence-corrected chi connectivity index (χ1v) is 7.01. The van der Waals surface area contributed by atoms with Crippen molar-refractivity contribution in [3.8, 4) is 0 Å². The summed E-state index contributed by atoms with van der Waals surface area (Å²) in [7, 11) is 0. The highest BCUT2D eigenvalue weighted by molar-refractivity contribution is 5.52. The van der Waals surface area contributed by atoms with Crippen LogP contribution in [0.4, 0.5) is 5.69 Å². The second kappa shape index (κ2) is 6.79. The van der Waals surface area contributed by atoms with Crippen LogP contribution in [0, 0.1) is 12.3 Å². The highest BCUT2D eigenvalue weighted by Crippen LogP contribution is 2.23. The molecule has 0 aliphatic rings. The van der Waals surface area contributed by atoms with Crippen molar-refractivity contribution in [2.24, 2.45) is 11.1 Å². The zero-order valence-electron chi connectivity index (χ0n) is 12.4. The molecule has 0 fully saturated rings. The van der Waals surface area contributed by atoms with Gasteiger partial charge in [-0.2, -0.15) is 0 Å². The van der Waals surface area contributed by atoms with Gasteiger partial charge < -0.3 is 10.6 Å². The van der Waals surface area contributed by atoms with E-state index in [4.69, 9.17) is 5.73 Å². The quantitative estimate of drug-likeness (QED) is 0.799. The Morgan fingerprint density at radius 1 is 1.22 bits per heavy atom. The van der Waals surface area contributed by atoms with E-state index in [0.29, 0.717) is 0 Å². The van der Waals surface area contributed by atoms with Gasteiger partial charge in [-0.25, -0.2) is 0 Å². The van der Waals surface area contributed by atoms with Crippen LogP contribution in [0.2, 0.25) is 0 Å². The third kappa shape index (κ3) is 4.34. The van der Waals surface area contributed by atoms with E-state index >= 15 is 0 Å². The number of hydrogen-bond donors (Lipinski definition) is 1. The molecule has 0 heterocycles. The Kier molecular flexibility index (Phi) is 5.67. The molecule has 0 saturated heterocycles. The fourth-order valence-corrected chi connectivity index (χ4v) is 2.22. The predicted octanol–water partition coefficient (Wildman–Crippen LogP) is 3.59. The van der Waals surface area contributed by atoms with Gasteiger partial charge in [-0.1, -0.05) is 32.0 Å².